The summed E-state index contributed by atoms with van der Waals surface area (Å²) in [6, 6.07) is 173. The summed E-state index contributed by atoms with van der Waals surface area (Å²) < 4.78 is 0. The summed E-state index contributed by atoms with van der Waals surface area (Å²) in [7, 11) is 0. The Morgan fingerprint density at radius 2 is 0.205 bits per heavy atom. The first kappa shape index (κ1) is 72.6. The molecule has 0 atom stereocenters. The number of benzene rings is 29. The van der Waals surface area contributed by atoms with Crippen LogP contribution in [-0.2, 0) is 0 Å². The Morgan fingerprint density at radius 1 is 0.0656 bits per heavy atom. The predicted molar refractivity (Wildman–Crippen MR) is 535 cm³/mol. The molecule has 29 rings (SSSR count). The van der Waals surface area contributed by atoms with Crippen molar-refractivity contribution in [3.8, 4) is 0 Å². The normalized spacial score (nSPS) is 11.4. The molecular weight excluding hydrogens is 1470 g/mol. The third kappa shape index (κ3) is 13.2. The Bertz CT molecular complexity index is 7660. The first-order valence-electron chi connectivity index (χ1n) is 42.3. The Hall–Kier alpha value is -15.9. The van der Waals surface area contributed by atoms with E-state index in [2.05, 4.69) is 449 Å². The molecule has 0 aliphatic heterocycles. The van der Waals surface area contributed by atoms with Crippen LogP contribution in [0.4, 0.5) is 0 Å². The topological polar surface area (TPSA) is 0 Å². The van der Waals surface area contributed by atoms with Crippen molar-refractivity contribution >= 4 is 226 Å². The van der Waals surface area contributed by atoms with Gasteiger partial charge in [-0.1, -0.05) is 473 Å². The number of hydrogen-bond acceptors (Lipinski definition) is 0. The van der Waals surface area contributed by atoms with E-state index in [1.807, 2.05) is 36.4 Å². The summed E-state index contributed by atoms with van der Waals surface area (Å²) in [6.45, 7) is 0. The van der Waals surface area contributed by atoms with Crippen molar-refractivity contribution < 1.29 is 0 Å². The number of hydrogen-bond donors (Lipinski definition) is 0. The highest BCUT2D eigenvalue weighted by atomic mass is 14.2. The fourth-order valence-electron chi connectivity index (χ4n) is 19.4. The van der Waals surface area contributed by atoms with Gasteiger partial charge in [0.2, 0.25) is 0 Å². The minimum Gasteiger partial charge on any atom is -0.0623 e. The fourth-order valence-corrected chi connectivity index (χ4v) is 19.4. The molecule has 0 aliphatic rings. The van der Waals surface area contributed by atoms with Crippen molar-refractivity contribution in [3.05, 3.63) is 485 Å². The van der Waals surface area contributed by atoms with Crippen LogP contribution in [0.15, 0.2) is 485 Å². The summed E-state index contributed by atoms with van der Waals surface area (Å²) in [5.41, 5.74) is 0. The molecular formula is C122H80. The second-order valence-electron chi connectivity index (χ2n) is 31.9. The lowest BCUT2D eigenvalue weighted by Crippen LogP contribution is -1.91. The van der Waals surface area contributed by atoms with Gasteiger partial charge in [-0.15, -0.1) is 0 Å². The molecule has 0 saturated carbocycles. The van der Waals surface area contributed by atoms with Crippen LogP contribution in [0.5, 0.6) is 0 Å². The van der Waals surface area contributed by atoms with Crippen molar-refractivity contribution in [2.24, 2.45) is 0 Å². The Kier molecular flexibility index (Phi) is 18.8. The number of rotatable bonds is 0. The van der Waals surface area contributed by atoms with E-state index in [1.54, 1.807) is 0 Å². The van der Waals surface area contributed by atoms with Gasteiger partial charge >= 0.3 is 0 Å². The maximum absolute atomic E-state index is 2.27. The molecule has 0 heteroatoms. The van der Waals surface area contributed by atoms with Crippen molar-refractivity contribution in [1.82, 2.24) is 0 Å². The lowest BCUT2D eigenvalue weighted by atomic mass is 9.83. The van der Waals surface area contributed by atoms with E-state index in [1.165, 1.54) is 226 Å². The largest absolute Gasteiger partial charge is 0.0623 e. The van der Waals surface area contributed by atoms with E-state index in [9.17, 15) is 0 Å². The van der Waals surface area contributed by atoms with Crippen LogP contribution in [-0.4, -0.2) is 0 Å². The average Bonchev–Trinajstić information content (AvgIpc) is 0.688. The quantitative estimate of drug-likeness (QED) is 0.105. The monoisotopic (exact) mass is 1540 g/mol. The van der Waals surface area contributed by atoms with Gasteiger partial charge in [0.1, 0.15) is 0 Å². The van der Waals surface area contributed by atoms with Gasteiger partial charge in [-0.05, 0) is 238 Å². The first-order chi connectivity index (χ1) is 60.6. The first-order valence-corrected chi connectivity index (χ1v) is 42.3. The standard InChI is InChI=1S/C24H12.C20H12.C18H12.C16H10.2C14H10.C10H8.C6H6/c1-2-14-5-6-16-9-11-18-12-10-17-8-7-15-4-3-13(1)19-20(14)22(16)24(18)23(17)21(15)19;1-5-13-6-2-11-17-18-12-4-8-14-7-3-10-16(20(14)18)15(9-1)19(13)17;1-2-8-14-13(7-1)15-9-3-4-11-17(15)18-12-6-5-10-16(14)18;1-3-11-7-9-13-5-2-6-14-10-8-12(4-1)15(11)16(13)14;1-3-7-13-11(5-1)9-10-12-6-2-4-8-14(12)13;1-2-6-12-10-14-8-4-3-7-13(14)9-11(12)5-1;1-2-6-10-8-4-3-7-9(10)5-1;1-2-4-6-5-3-1/h1-12H;1-12H;1-12H;1-10H;2*1-10H;1-8H;1-6H. The number of fused-ring (bicyclic) bond motifs is 14. The zero-order valence-corrected chi connectivity index (χ0v) is 67.2. The molecule has 0 saturated heterocycles. The van der Waals surface area contributed by atoms with Gasteiger partial charge < -0.3 is 0 Å². The minimum atomic E-state index is 1.31. The van der Waals surface area contributed by atoms with Crippen molar-refractivity contribution in [1.29, 1.82) is 0 Å². The molecule has 0 heterocycles. The van der Waals surface area contributed by atoms with Crippen LogP contribution in [0, 0.1) is 0 Å². The Balaban J connectivity index is 0.0000000851. The average molecular weight is 1550 g/mol. The zero-order chi connectivity index (χ0) is 80.8. The summed E-state index contributed by atoms with van der Waals surface area (Å²) in [5, 5.41) is 56.9. The summed E-state index contributed by atoms with van der Waals surface area (Å²) in [6.07, 6.45) is 0. The van der Waals surface area contributed by atoms with E-state index >= 15 is 0 Å². The molecule has 0 radical (unpaired) electrons. The highest BCUT2D eigenvalue weighted by Crippen LogP contribution is 2.49. The van der Waals surface area contributed by atoms with E-state index < -0.39 is 0 Å². The molecule has 568 valence electrons. The van der Waals surface area contributed by atoms with Gasteiger partial charge in [-0.2, -0.15) is 0 Å². The van der Waals surface area contributed by atoms with Gasteiger partial charge in [0.05, 0.1) is 0 Å². The smallest absolute Gasteiger partial charge is 0.00139 e. The molecule has 0 bridgehead atoms. The summed E-state index contributed by atoms with van der Waals surface area (Å²) in [5.74, 6) is 0. The van der Waals surface area contributed by atoms with Crippen molar-refractivity contribution in [3.63, 3.8) is 0 Å². The van der Waals surface area contributed by atoms with Crippen LogP contribution in [0.2, 0.25) is 0 Å². The Labute approximate surface area is 706 Å². The van der Waals surface area contributed by atoms with Gasteiger partial charge in [-0.25, -0.2) is 0 Å². The highest BCUT2D eigenvalue weighted by molar-refractivity contribution is 6.45. The lowest BCUT2D eigenvalue weighted by molar-refractivity contribution is 1.72. The van der Waals surface area contributed by atoms with Crippen LogP contribution in [0.25, 0.3) is 226 Å². The molecule has 29 aromatic carbocycles. The van der Waals surface area contributed by atoms with Gasteiger partial charge in [0.15, 0.2) is 0 Å². The molecule has 122 heavy (non-hydrogen) atoms. The highest BCUT2D eigenvalue weighted by Gasteiger charge is 2.20. The molecule has 0 aromatic heterocycles. The van der Waals surface area contributed by atoms with E-state index in [0.717, 1.165) is 0 Å². The van der Waals surface area contributed by atoms with Crippen molar-refractivity contribution in [2.45, 2.75) is 0 Å². The van der Waals surface area contributed by atoms with E-state index in [4.69, 9.17) is 0 Å². The van der Waals surface area contributed by atoms with Crippen molar-refractivity contribution in [2.75, 3.05) is 0 Å². The second-order valence-corrected chi connectivity index (χ2v) is 31.9. The molecule has 29 aromatic rings. The van der Waals surface area contributed by atoms with Gasteiger partial charge in [0, 0.05) is 0 Å². The Morgan fingerprint density at radius 3 is 0.426 bits per heavy atom. The zero-order valence-electron chi connectivity index (χ0n) is 67.2. The van der Waals surface area contributed by atoms with E-state index in [0.29, 0.717) is 0 Å². The second kappa shape index (κ2) is 31.5. The molecule has 0 amide bonds. The molecule has 0 spiro atoms. The van der Waals surface area contributed by atoms with Gasteiger partial charge in [-0.3, -0.25) is 0 Å². The molecule has 0 aliphatic carbocycles. The minimum absolute atomic E-state index is 1.31. The van der Waals surface area contributed by atoms with E-state index in [-0.39, 0.29) is 0 Å². The lowest BCUT2D eigenvalue weighted by Gasteiger charge is -2.20. The molecule has 0 N–H and O–H groups in total. The molecule has 0 nitrogen and oxygen atoms in total. The maximum atomic E-state index is 2.27. The predicted octanol–water partition coefficient (Wildman–Crippen LogP) is 34.9. The third-order valence-corrected chi connectivity index (χ3v) is 24.9. The molecule has 0 fully saturated rings. The fraction of sp³-hybridized carbons (Fsp3) is 0. The van der Waals surface area contributed by atoms with Crippen LogP contribution in [0.3, 0.4) is 0 Å². The SMILES string of the molecule is c1cc2ccc3ccc4ccc5ccc6ccc1c1c2c3c4c5c61.c1cc2ccc3cccc4ccc(c1)c2c34.c1cc2cccc3c4cccc5cccc(c(c1)c23)c54.c1ccc2c(c1)c1ccccc1c1ccccc21.c1ccc2c(c1)ccc1ccccc12.c1ccc2cc3ccccc3cc2c1.c1ccc2ccccc2c1.c1ccccc1. The summed E-state index contributed by atoms with van der Waals surface area (Å²) >= 11 is 0. The van der Waals surface area contributed by atoms with Gasteiger partial charge in [0.25, 0.3) is 0 Å². The van der Waals surface area contributed by atoms with Crippen LogP contribution < -0.4 is 0 Å². The van der Waals surface area contributed by atoms with Crippen LogP contribution >= 0.6 is 0 Å². The van der Waals surface area contributed by atoms with Crippen LogP contribution in [0.1, 0.15) is 0 Å². The summed E-state index contributed by atoms with van der Waals surface area (Å²) in [4.78, 5) is 0. The molecule has 0 unspecified atom stereocenters. The maximum Gasteiger partial charge on any atom is -0.00139 e. The third-order valence-electron chi connectivity index (χ3n) is 24.9.